The van der Waals surface area contributed by atoms with Crippen molar-refractivity contribution in [2.24, 2.45) is 0 Å². The van der Waals surface area contributed by atoms with Crippen molar-refractivity contribution in [2.75, 3.05) is 19.8 Å². The molecule has 0 aliphatic heterocycles. The fraction of sp³-hybridized carbons (Fsp3) is 0.923. The van der Waals surface area contributed by atoms with Crippen molar-refractivity contribution in [2.45, 2.75) is 57.7 Å². The molecule has 0 aromatic rings. The predicted octanol–water partition coefficient (Wildman–Crippen LogP) is 1.69. The van der Waals surface area contributed by atoms with E-state index in [-0.39, 0.29) is 6.10 Å². The zero-order valence-corrected chi connectivity index (χ0v) is 10.7. The first-order valence-electron chi connectivity index (χ1n) is 6.61. The number of hydrogen-bond acceptors (Lipinski definition) is 4. The van der Waals surface area contributed by atoms with Crippen LogP contribution in [0.3, 0.4) is 0 Å². The summed E-state index contributed by atoms with van der Waals surface area (Å²) in [5.41, 5.74) is 0. The molecule has 17 heavy (non-hydrogen) atoms. The number of carbonyl (C=O) groups is 1. The Balaban J connectivity index is 1.99. The lowest BCUT2D eigenvalue weighted by atomic mass is 9.96. The topological polar surface area (TPSA) is 55.8 Å². The third-order valence-electron chi connectivity index (χ3n) is 2.97. The first kappa shape index (κ1) is 14.6. The summed E-state index contributed by atoms with van der Waals surface area (Å²) in [4.78, 5) is 11.0. The lowest BCUT2D eigenvalue weighted by molar-refractivity contribution is -0.124. The second-order valence-electron chi connectivity index (χ2n) is 4.65. The van der Waals surface area contributed by atoms with E-state index in [1.807, 2.05) is 0 Å². The number of aliphatic hydroxyl groups is 1. The number of carbonyl (C=O) groups excluding carboxylic acids is 1. The Hall–Kier alpha value is -0.450. The van der Waals surface area contributed by atoms with Crippen LogP contribution >= 0.6 is 0 Å². The summed E-state index contributed by atoms with van der Waals surface area (Å²) in [6, 6.07) is 0. The molecule has 0 saturated heterocycles. The maximum Gasteiger partial charge on any atom is 0.133 e. The van der Waals surface area contributed by atoms with Gasteiger partial charge in [-0.2, -0.15) is 0 Å². The number of ketones is 1. The molecular formula is C13H24O4. The molecule has 0 aromatic heterocycles. The van der Waals surface area contributed by atoms with Crippen molar-refractivity contribution in [3.63, 3.8) is 0 Å². The summed E-state index contributed by atoms with van der Waals surface area (Å²) in [5.74, 6) is 0.327. The van der Waals surface area contributed by atoms with Crippen LogP contribution in [0.5, 0.6) is 0 Å². The summed E-state index contributed by atoms with van der Waals surface area (Å²) in [5, 5.41) is 9.61. The van der Waals surface area contributed by atoms with E-state index in [0.717, 1.165) is 25.7 Å². The second-order valence-corrected chi connectivity index (χ2v) is 4.65. The number of ether oxygens (including phenoxy) is 2. The molecule has 0 bridgehead atoms. The van der Waals surface area contributed by atoms with Crippen LogP contribution in [0.15, 0.2) is 0 Å². The lowest BCUT2D eigenvalue weighted by Gasteiger charge is -2.22. The van der Waals surface area contributed by atoms with Crippen molar-refractivity contribution >= 4 is 5.78 Å². The van der Waals surface area contributed by atoms with Gasteiger partial charge in [-0.15, -0.1) is 0 Å². The highest BCUT2D eigenvalue weighted by Crippen LogP contribution is 2.17. The molecular weight excluding hydrogens is 220 g/mol. The van der Waals surface area contributed by atoms with Crippen LogP contribution in [0, 0.1) is 0 Å². The highest BCUT2D eigenvalue weighted by Gasteiger charge is 2.19. The van der Waals surface area contributed by atoms with Crippen LogP contribution in [0.4, 0.5) is 0 Å². The van der Waals surface area contributed by atoms with Gasteiger partial charge in [0.25, 0.3) is 0 Å². The van der Waals surface area contributed by atoms with Gasteiger partial charge >= 0.3 is 0 Å². The highest BCUT2D eigenvalue weighted by atomic mass is 16.5. The standard InChI is InChI=1S/C13H24O4/c1-2-3-8-16-9-12(15)10-17-13-6-4-11(14)5-7-13/h12-13,15H,2-10H2,1H3. The Kier molecular flexibility index (Phi) is 7.40. The average Bonchev–Trinajstić information content (AvgIpc) is 2.34. The minimum atomic E-state index is -0.551. The smallest absolute Gasteiger partial charge is 0.133 e. The van der Waals surface area contributed by atoms with Crippen LogP contribution in [0.2, 0.25) is 0 Å². The molecule has 1 rings (SSSR count). The van der Waals surface area contributed by atoms with Crippen LogP contribution in [0.25, 0.3) is 0 Å². The minimum Gasteiger partial charge on any atom is -0.388 e. The number of rotatable bonds is 8. The molecule has 0 amide bonds. The van der Waals surface area contributed by atoms with Crippen LogP contribution in [-0.2, 0) is 14.3 Å². The molecule has 0 aromatic carbocycles. The van der Waals surface area contributed by atoms with Crippen molar-refractivity contribution in [3.05, 3.63) is 0 Å². The lowest BCUT2D eigenvalue weighted by Crippen LogP contribution is -2.28. The first-order chi connectivity index (χ1) is 8.22. The van der Waals surface area contributed by atoms with E-state index in [4.69, 9.17) is 9.47 Å². The molecule has 100 valence electrons. The SMILES string of the molecule is CCCCOCC(O)COC1CCC(=O)CC1. The normalized spacial score (nSPS) is 19.5. The fourth-order valence-electron chi connectivity index (χ4n) is 1.84. The van der Waals surface area contributed by atoms with E-state index in [0.29, 0.717) is 38.4 Å². The Morgan fingerprint density at radius 2 is 2.06 bits per heavy atom. The van der Waals surface area contributed by atoms with Crippen LogP contribution < -0.4 is 0 Å². The second kappa shape index (κ2) is 8.61. The number of Topliss-reactive ketones (excluding diaryl/α,β-unsaturated/α-hetero) is 1. The maximum absolute atomic E-state index is 11.0. The predicted molar refractivity (Wildman–Crippen MR) is 64.9 cm³/mol. The van der Waals surface area contributed by atoms with Gasteiger partial charge in [-0.1, -0.05) is 13.3 Å². The van der Waals surface area contributed by atoms with Crippen molar-refractivity contribution in [1.82, 2.24) is 0 Å². The van der Waals surface area contributed by atoms with Gasteiger partial charge in [0.2, 0.25) is 0 Å². The summed E-state index contributed by atoms with van der Waals surface area (Å²) in [7, 11) is 0. The Labute approximate surface area is 103 Å². The summed E-state index contributed by atoms with van der Waals surface area (Å²) in [6.45, 7) is 3.45. The van der Waals surface area contributed by atoms with Crippen molar-refractivity contribution in [1.29, 1.82) is 0 Å². The van der Waals surface area contributed by atoms with Crippen molar-refractivity contribution in [3.8, 4) is 0 Å². The number of aliphatic hydroxyl groups excluding tert-OH is 1. The molecule has 0 heterocycles. The summed E-state index contributed by atoms with van der Waals surface area (Å²) in [6.07, 6.45) is 4.54. The van der Waals surface area contributed by atoms with Gasteiger partial charge in [-0.25, -0.2) is 0 Å². The zero-order chi connectivity index (χ0) is 12.5. The van der Waals surface area contributed by atoms with Gasteiger partial charge in [0, 0.05) is 19.4 Å². The van der Waals surface area contributed by atoms with Crippen LogP contribution in [-0.4, -0.2) is 42.9 Å². The maximum atomic E-state index is 11.0. The molecule has 1 atom stereocenters. The molecule has 1 unspecified atom stereocenters. The Morgan fingerprint density at radius 3 is 2.71 bits per heavy atom. The van der Waals surface area contributed by atoms with Gasteiger partial charge in [0.05, 0.1) is 19.3 Å². The van der Waals surface area contributed by atoms with Gasteiger partial charge in [0.1, 0.15) is 11.9 Å². The third-order valence-corrected chi connectivity index (χ3v) is 2.97. The molecule has 4 nitrogen and oxygen atoms in total. The fourth-order valence-corrected chi connectivity index (χ4v) is 1.84. The molecule has 1 saturated carbocycles. The van der Waals surface area contributed by atoms with Crippen LogP contribution in [0.1, 0.15) is 45.4 Å². The van der Waals surface area contributed by atoms with E-state index in [2.05, 4.69) is 6.92 Å². The molecule has 0 radical (unpaired) electrons. The quantitative estimate of drug-likeness (QED) is 0.660. The zero-order valence-electron chi connectivity index (χ0n) is 10.7. The summed E-state index contributed by atoms with van der Waals surface area (Å²) >= 11 is 0. The van der Waals surface area contributed by atoms with E-state index >= 15 is 0 Å². The Morgan fingerprint density at radius 1 is 1.35 bits per heavy atom. The number of hydrogen-bond donors (Lipinski definition) is 1. The van der Waals surface area contributed by atoms with Gasteiger partial charge in [0.15, 0.2) is 0 Å². The van der Waals surface area contributed by atoms with E-state index in [1.165, 1.54) is 0 Å². The van der Waals surface area contributed by atoms with Crippen molar-refractivity contribution < 1.29 is 19.4 Å². The molecule has 1 aliphatic carbocycles. The molecule has 1 N–H and O–H groups in total. The molecule has 1 aliphatic rings. The monoisotopic (exact) mass is 244 g/mol. The Bertz CT molecular complexity index is 207. The average molecular weight is 244 g/mol. The van der Waals surface area contributed by atoms with E-state index < -0.39 is 6.10 Å². The highest BCUT2D eigenvalue weighted by molar-refractivity contribution is 5.79. The minimum absolute atomic E-state index is 0.137. The van der Waals surface area contributed by atoms with Gasteiger partial charge in [-0.05, 0) is 19.3 Å². The summed E-state index contributed by atoms with van der Waals surface area (Å²) < 4.78 is 10.9. The van der Waals surface area contributed by atoms with E-state index in [9.17, 15) is 9.90 Å². The van der Waals surface area contributed by atoms with Gasteiger partial charge in [-0.3, -0.25) is 4.79 Å². The number of unbranched alkanes of at least 4 members (excludes halogenated alkanes) is 1. The largest absolute Gasteiger partial charge is 0.388 e. The molecule has 0 spiro atoms. The molecule has 4 heteroatoms. The van der Waals surface area contributed by atoms with E-state index in [1.54, 1.807) is 0 Å². The first-order valence-corrected chi connectivity index (χ1v) is 6.61. The van der Waals surface area contributed by atoms with Gasteiger partial charge < -0.3 is 14.6 Å². The molecule has 1 fully saturated rings. The third kappa shape index (κ3) is 6.76.